The first kappa shape index (κ1) is 24.8. The fraction of sp³-hybridized carbons (Fsp3) is 0. The molecule has 0 atom stereocenters. The summed E-state index contributed by atoms with van der Waals surface area (Å²) < 4.78 is 11.6. The molecule has 7 aromatic carbocycles. The average molecular weight is 592 g/mol. The summed E-state index contributed by atoms with van der Waals surface area (Å²) in [7, 11) is 0. The molecule has 0 unspecified atom stereocenters. The normalized spacial score (nSPS) is 12.0. The average Bonchev–Trinajstić information content (AvgIpc) is 3.77. The lowest BCUT2D eigenvalue weighted by Gasteiger charge is -2.09. The number of fused-ring (bicyclic) bond motifs is 9. The van der Waals surface area contributed by atoms with Gasteiger partial charge in [0.15, 0.2) is 0 Å². The highest BCUT2D eigenvalue weighted by Gasteiger charge is 2.18. The highest BCUT2D eigenvalue weighted by Crippen LogP contribution is 2.44. The number of rotatable bonds is 3. The molecule has 0 fully saturated rings. The molecular formula is C42H25NOS. The van der Waals surface area contributed by atoms with Crippen molar-refractivity contribution in [3.05, 3.63) is 152 Å². The summed E-state index contributed by atoms with van der Waals surface area (Å²) >= 11 is 1.86. The zero-order chi connectivity index (χ0) is 29.5. The molecule has 0 aliphatic heterocycles. The van der Waals surface area contributed by atoms with E-state index in [1.54, 1.807) is 0 Å². The molecular weight excluding hydrogens is 567 g/mol. The van der Waals surface area contributed by atoms with Crippen LogP contribution in [0.25, 0.3) is 91.9 Å². The van der Waals surface area contributed by atoms with Crippen LogP contribution in [0.2, 0.25) is 0 Å². The lowest BCUT2D eigenvalue weighted by atomic mass is 9.95. The van der Waals surface area contributed by atoms with E-state index in [1.165, 1.54) is 64.2 Å². The summed E-state index contributed by atoms with van der Waals surface area (Å²) in [5.41, 5.74) is 10.2. The van der Waals surface area contributed by atoms with Crippen molar-refractivity contribution in [3.63, 3.8) is 0 Å². The molecule has 0 N–H and O–H groups in total. The van der Waals surface area contributed by atoms with Gasteiger partial charge >= 0.3 is 0 Å². The number of hydrogen-bond donors (Lipinski definition) is 0. The maximum Gasteiger partial charge on any atom is 0.137 e. The number of thiophene rings is 1. The van der Waals surface area contributed by atoms with Crippen LogP contribution in [-0.4, -0.2) is 4.57 Å². The lowest BCUT2D eigenvalue weighted by molar-refractivity contribution is 0.668. The van der Waals surface area contributed by atoms with Crippen LogP contribution >= 0.6 is 11.3 Å². The Morgan fingerprint density at radius 3 is 2.07 bits per heavy atom. The molecule has 10 rings (SSSR count). The molecule has 2 nitrogen and oxygen atoms in total. The molecule has 45 heavy (non-hydrogen) atoms. The number of para-hydroxylation sites is 1. The Balaban J connectivity index is 1.20. The highest BCUT2D eigenvalue weighted by atomic mass is 32.1. The van der Waals surface area contributed by atoms with Gasteiger partial charge in [-0.2, -0.15) is 0 Å². The zero-order valence-electron chi connectivity index (χ0n) is 24.2. The zero-order valence-corrected chi connectivity index (χ0v) is 25.0. The summed E-state index contributed by atoms with van der Waals surface area (Å²) in [4.78, 5) is 0. The van der Waals surface area contributed by atoms with Crippen molar-refractivity contribution in [1.29, 1.82) is 0 Å². The molecule has 3 heterocycles. The minimum Gasteiger partial charge on any atom is -0.456 e. The SMILES string of the molecule is c1ccc(-c2ccc3c(c2)c2ccccc2n3-c2ccc3c(c2)oc2cccc(-c4cccc5sc6ccccc6c45)c23)cc1. The lowest BCUT2D eigenvalue weighted by Crippen LogP contribution is -1.93. The van der Waals surface area contributed by atoms with Crippen molar-refractivity contribution in [2.75, 3.05) is 0 Å². The minimum absolute atomic E-state index is 0.893. The summed E-state index contributed by atoms with van der Waals surface area (Å²) in [6.07, 6.45) is 0. The van der Waals surface area contributed by atoms with Gasteiger partial charge in [-0.3, -0.25) is 0 Å². The van der Waals surface area contributed by atoms with E-state index in [1.807, 2.05) is 11.3 Å². The third-order valence-electron chi connectivity index (χ3n) is 9.21. The minimum atomic E-state index is 0.893. The number of nitrogens with zero attached hydrogens (tertiary/aromatic N) is 1. The van der Waals surface area contributed by atoms with Gasteiger partial charge in [-0.15, -0.1) is 11.3 Å². The quantitative estimate of drug-likeness (QED) is 0.200. The predicted octanol–water partition coefficient (Wildman–Crippen LogP) is 12.4. The van der Waals surface area contributed by atoms with Crippen molar-refractivity contribution in [1.82, 2.24) is 4.57 Å². The molecule has 10 aromatic rings. The summed E-state index contributed by atoms with van der Waals surface area (Å²) in [5, 5.41) is 7.41. The molecule has 0 radical (unpaired) electrons. The monoisotopic (exact) mass is 591 g/mol. The summed E-state index contributed by atoms with van der Waals surface area (Å²) in [5.74, 6) is 0. The van der Waals surface area contributed by atoms with E-state index < -0.39 is 0 Å². The molecule has 0 spiro atoms. The largest absolute Gasteiger partial charge is 0.456 e. The predicted molar refractivity (Wildman–Crippen MR) is 192 cm³/mol. The van der Waals surface area contributed by atoms with E-state index >= 15 is 0 Å². The topological polar surface area (TPSA) is 18.1 Å². The second-order valence-electron chi connectivity index (χ2n) is 11.7. The van der Waals surface area contributed by atoms with Gasteiger partial charge in [-0.25, -0.2) is 0 Å². The number of aromatic nitrogens is 1. The van der Waals surface area contributed by atoms with Crippen molar-refractivity contribution < 1.29 is 4.42 Å². The Labute approximate surface area is 263 Å². The molecule has 0 bridgehead atoms. The van der Waals surface area contributed by atoms with Crippen molar-refractivity contribution in [2.45, 2.75) is 0 Å². The number of benzene rings is 7. The van der Waals surface area contributed by atoms with Crippen LogP contribution in [0.3, 0.4) is 0 Å². The third-order valence-corrected chi connectivity index (χ3v) is 10.3. The second kappa shape index (κ2) is 9.43. The number of furan rings is 1. The van der Waals surface area contributed by atoms with Crippen LogP contribution in [0, 0.1) is 0 Å². The second-order valence-corrected chi connectivity index (χ2v) is 12.8. The standard InChI is InChI=1S/C42H25NOS/c1-2-10-26(11-3-1)27-20-23-36-34(24-27)29-12-4-6-16-35(29)43(36)28-21-22-32-38(25-28)44-37-17-8-14-30(41(32)37)31-15-9-19-40-42(31)33-13-5-7-18-39(33)45-40/h1-25H. The summed E-state index contributed by atoms with van der Waals surface area (Å²) in [6.45, 7) is 0. The first-order valence-electron chi connectivity index (χ1n) is 15.3. The van der Waals surface area contributed by atoms with Gasteiger partial charge in [-0.05, 0) is 70.8 Å². The van der Waals surface area contributed by atoms with E-state index in [0.717, 1.165) is 27.6 Å². The molecule has 210 valence electrons. The maximum atomic E-state index is 6.62. The fourth-order valence-electron chi connectivity index (χ4n) is 7.24. The molecule has 0 amide bonds. The van der Waals surface area contributed by atoms with Gasteiger partial charge in [0.25, 0.3) is 0 Å². The van der Waals surface area contributed by atoms with E-state index in [2.05, 4.69) is 156 Å². The first-order valence-corrected chi connectivity index (χ1v) is 16.1. The Bertz CT molecular complexity index is 2760. The Morgan fingerprint density at radius 2 is 1.16 bits per heavy atom. The van der Waals surface area contributed by atoms with Crippen molar-refractivity contribution in [2.24, 2.45) is 0 Å². The van der Waals surface area contributed by atoms with E-state index in [0.29, 0.717) is 0 Å². The van der Waals surface area contributed by atoms with E-state index in [4.69, 9.17) is 4.42 Å². The van der Waals surface area contributed by atoms with Gasteiger partial charge in [0, 0.05) is 53.5 Å². The Kier molecular flexibility index (Phi) is 5.19. The van der Waals surface area contributed by atoms with Crippen LogP contribution in [-0.2, 0) is 0 Å². The van der Waals surface area contributed by atoms with Gasteiger partial charge in [0.1, 0.15) is 11.2 Å². The first-order chi connectivity index (χ1) is 22.3. The molecule has 0 saturated carbocycles. The third kappa shape index (κ3) is 3.62. The van der Waals surface area contributed by atoms with Crippen LogP contribution < -0.4 is 0 Å². The van der Waals surface area contributed by atoms with Gasteiger partial charge < -0.3 is 8.98 Å². The van der Waals surface area contributed by atoms with Crippen molar-refractivity contribution in [3.8, 4) is 27.9 Å². The van der Waals surface area contributed by atoms with Gasteiger partial charge in [0.2, 0.25) is 0 Å². The van der Waals surface area contributed by atoms with Gasteiger partial charge in [0.05, 0.1) is 11.0 Å². The highest BCUT2D eigenvalue weighted by molar-refractivity contribution is 7.25. The molecule has 3 aromatic heterocycles. The smallest absolute Gasteiger partial charge is 0.137 e. The van der Waals surface area contributed by atoms with E-state index in [-0.39, 0.29) is 0 Å². The van der Waals surface area contributed by atoms with Crippen LogP contribution in [0.1, 0.15) is 0 Å². The van der Waals surface area contributed by atoms with Gasteiger partial charge in [-0.1, -0.05) is 97.1 Å². The molecule has 0 aliphatic rings. The fourth-order valence-corrected chi connectivity index (χ4v) is 8.37. The Morgan fingerprint density at radius 1 is 0.422 bits per heavy atom. The number of hydrogen-bond acceptors (Lipinski definition) is 2. The van der Waals surface area contributed by atoms with E-state index in [9.17, 15) is 0 Å². The Hall–Kier alpha value is -5.64. The molecule has 0 saturated heterocycles. The molecule has 0 aliphatic carbocycles. The maximum absolute atomic E-state index is 6.62. The summed E-state index contributed by atoms with van der Waals surface area (Å²) in [6, 6.07) is 54.6. The van der Waals surface area contributed by atoms with Crippen LogP contribution in [0.15, 0.2) is 156 Å². The molecule has 3 heteroatoms. The van der Waals surface area contributed by atoms with Crippen LogP contribution in [0.5, 0.6) is 0 Å². The van der Waals surface area contributed by atoms with Crippen molar-refractivity contribution >= 4 is 75.3 Å². The van der Waals surface area contributed by atoms with Crippen LogP contribution in [0.4, 0.5) is 0 Å².